The maximum atomic E-state index is 11.4. The lowest BCUT2D eigenvalue weighted by Gasteiger charge is -1.99. The summed E-state index contributed by atoms with van der Waals surface area (Å²) in [5, 5.41) is 2.57. The Morgan fingerprint density at radius 2 is 2.36 bits per heavy atom. The standard InChI is InChI=1S/C9H7ClN2OS/c1-11-8(13)5-3-2-4-6-7(5)12-9(10)14-6/h2-4H,1H3,(H,11,13). The van der Waals surface area contributed by atoms with Crippen molar-refractivity contribution in [3.05, 3.63) is 28.2 Å². The molecule has 0 atom stereocenters. The zero-order valence-electron chi connectivity index (χ0n) is 7.37. The summed E-state index contributed by atoms with van der Waals surface area (Å²) in [6.07, 6.45) is 0. The van der Waals surface area contributed by atoms with E-state index in [1.165, 1.54) is 11.3 Å². The van der Waals surface area contributed by atoms with Crippen molar-refractivity contribution >= 4 is 39.1 Å². The van der Waals surface area contributed by atoms with Gasteiger partial charge in [-0.15, -0.1) is 11.3 Å². The number of hydrogen-bond donors (Lipinski definition) is 1. The molecule has 0 unspecified atom stereocenters. The largest absolute Gasteiger partial charge is 0.355 e. The van der Waals surface area contributed by atoms with E-state index in [9.17, 15) is 4.79 Å². The van der Waals surface area contributed by atoms with Crippen LogP contribution in [0.1, 0.15) is 10.4 Å². The molecular weight excluding hydrogens is 220 g/mol. The lowest BCUT2D eigenvalue weighted by molar-refractivity contribution is 0.0964. The molecule has 5 heteroatoms. The van der Waals surface area contributed by atoms with Crippen LogP contribution >= 0.6 is 22.9 Å². The summed E-state index contributed by atoms with van der Waals surface area (Å²) >= 11 is 7.15. The smallest absolute Gasteiger partial charge is 0.253 e. The van der Waals surface area contributed by atoms with Gasteiger partial charge in [-0.2, -0.15) is 0 Å². The van der Waals surface area contributed by atoms with Crippen LogP contribution in [-0.2, 0) is 0 Å². The molecule has 0 aliphatic rings. The van der Waals surface area contributed by atoms with Crippen LogP contribution in [0.3, 0.4) is 0 Å². The van der Waals surface area contributed by atoms with Crippen LogP contribution in [0.4, 0.5) is 0 Å². The van der Waals surface area contributed by atoms with Crippen molar-refractivity contribution in [1.29, 1.82) is 0 Å². The van der Waals surface area contributed by atoms with E-state index < -0.39 is 0 Å². The summed E-state index contributed by atoms with van der Waals surface area (Å²) in [4.78, 5) is 15.6. The van der Waals surface area contributed by atoms with E-state index in [1.54, 1.807) is 13.1 Å². The van der Waals surface area contributed by atoms with Crippen molar-refractivity contribution in [2.45, 2.75) is 0 Å². The Hall–Kier alpha value is -1.13. The third kappa shape index (κ3) is 1.47. The molecule has 0 aliphatic carbocycles. The van der Waals surface area contributed by atoms with Crippen molar-refractivity contribution in [2.75, 3.05) is 7.05 Å². The van der Waals surface area contributed by atoms with Crippen LogP contribution < -0.4 is 5.32 Å². The molecule has 1 aromatic heterocycles. The van der Waals surface area contributed by atoms with E-state index in [0.29, 0.717) is 15.5 Å². The molecule has 0 saturated carbocycles. The average molecular weight is 227 g/mol. The molecule has 0 fully saturated rings. The number of carbonyl (C=O) groups is 1. The SMILES string of the molecule is CNC(=O)c1cccc2sc(Cl)nc12. The van der Waals surface area contributed by atoms with Crippen LogP contribution in [0.5, 0.6) is 0 Å². The summed E-state index contributed by atoms with van der Waals surface area (Å²) in [6.45, 7) is 0. The predicted octanol–water partition coefficient (Wildman–Crippen LogP) is 2.31. The average Bonchev–Trinajstić information content (AvgIpc) is 2.56. The van der Waals surface area contributed by atoms with Crippen molar-refractivity contribution in [3.63, 3.8) is 0 Å². The molecule has 3 nitrogen and oxygen atoms in total. The molecule has 1 N–H and O–H groups in total. The molecule has 1 aromatic carbocycles. The fourth-order valence-electron chi connectivity index (χ4n) is 1.24. The van der Waals surface area contributed by atoms with Gasteiger partial charge in [0, 0.05) is 7.05 Å². The number of halogens is 1. The van der Waals surface area contributed by atoms with Gasteiger partial charge in [-0.05, 0) is 12.1 Å². The van der Waals surface area contributed by atoms with Gasteiger partial charge in [0.25, 0.3) is 5.91 Å². The van der Waals surface area contributed by atoms with Crippen molar-refractivity contribution in [2.24, 2.45) is 0 Å². The summed E-state index contributed by atoms with van der Waals surface area (Å²) in [7, 11) is 1.59. The number of amides is 1. The normalized spacial score (nSPS) is 10.4. The maximum Gasteiger partial charge on any atom is 0.253 e. The second kappa shape index (κ2) is 3.55. The molecule has 1 heterocycles. The number of carbonyl (C=O) groups excluding carboxylic acids is 1. The quantitative estimate of drug-likeness (QED) is 0.811. The minimum absolute atomic E-state index is 0.141. The maximum absolute atomic E-state index is 11.4. The lowest BCUT2D eigenvalue weighted by Crippen LogP contribution is -2.17. The molecule has 0 radical (unpaired) electrons. The Labute approximate surface area is 89.7 Å². The first-order valence-corrected chi connectivity index (χ1v) is 5.19. The molecule has 1 amide bonds. The van der Waals surface area contributed by atoms with Crippen LogP contribution in [0.15, 0.2) is 18.2 Å². The van der Waals surface area contributed by atoms with E-state index in [1.807, 2.05) is 12.1 Å². The highest BCUT2D eigenvalue weighted by Crippen LogP contribution is 2.27. The van der Waals surface area contributed by atoms with E-state index in [-0.39, 0.29) is 5.91 Å². The number of aromatic nitrogens is 1. The zero-order chi connectivity index (χ0) is 10.1. The van der Waals surface area contributed by atoms with Gasteiger partial charge >= 0.3 is 0 Å². The Kier molecular flexibility index (Phi) is 2.39. The second-order valence-corrected chi connectivity index (χ2v) is 4.31. The van der Waals surface area contributed by atoms with Gasteiger partial charge in [-0.25, -0.2) is 4.98 Å². The number of nitrogens with zero attached hydrogens (tertiary/aromatic N) is 1. The first-order chi connectivity index (χ1) is 6.72. The summed E-state index contributed by atoms with van der Waals surface area (Å²) in [5.74, 6) is -0.141. The number of rotatable bonds is 1. The lowest BCUT2D eigenvalue weighted by atomic mass is 10.2. The highest BCUT2D eigenvalue weighted by atomic mass is 35.5. The third-order valence-corrected chi connectivity index (χ3v) is 2.99. The molecule has 0 spiro atoms. The molecule has 0 aliphatic heterocycles. The van der Waals surface area contributed by atoms with Crippen LogP contribution in [-0.4, -0.2) is 17.9 Å². The predicted molar refractivity (Wildman–Crippen MR) is 58.0 cm³/mol. The van der Waals surface area contributed by atoms with E-state index >= 15 is 0 Å². The third-order valence-electron chi connectivity index (χ3n) is 1.86. The molecule has 2 aromatic rings. The minimum Gasteiger partial charge on any atom is -0.355 e. The first kappa shape index (κ1) is 9.43. The number of benzene rings is 1. The van der Waals surface area contributed by atoms with Gasteiger partial charge in [-0.1, -0.05) is 17.7 Å². The Morgan fingerprint density at radius 1 is 1.57 bits per heavy atom. The molecular formula is C9H7ClN2OS. The fraction of sp³-hybridized carbons (Fsp3) is 0.111. The monoisotopic (exact) mass is 226 g/mol. The van der Waals surface area contributed by atoms with Gasteiger partial charge in [0.05, 0.1) is 15.8 Å². The molecule has 72 valence electrons. The molecule has 14 heavy (non-hydrogen) atoms. The topological polar surface area (TPSA) is 42.0 Å². The molecule has 2 rings (SSSR count). The first-order valence-electron chi connectivity index (χ1n) is 3.99. The zero-order valence-corrected chi connectivity index (χ0v) is 8.95. The van der Waals surface area contributed by atoms with Crippen molar-refractivity contribution in [3.8, 4) is 0 Å². The fourth-order valence-corrected chi connectivity index (χ4v) is 2.29. The van der Waals surface area contributed by atoms with Gasteiger partial charge in [0.1, 0.15) is 0 Å². The second-order valence-electron chi connectivity index (χ2n) is 2.70. The van der Waals surface area contributed by atoms with Crippen LogP contribution in [0.2, 0.25) is 4.47 Å². The number of thiazole rings is 1. The minimum atomic E-state index is -0.141. The van der Waals surface area contributed by atoms with Crippen LogP contribution in [0.25, 0.3) is 10.2 Å². The van der Waals surface area contributed by atoms with Gasteiger partial charge in [0.2, 0.25) is 0 Å². The van der Waals surface area contributed by atoms with Gasteiger partial charge in [0.15, 0.2) is 4.47 Å². The van der Waals surface area contributed by atoms with E-state index in [0.717, 1.165) is 4.70 Å². The number of nitrogens with one attached hydrogen (secondary N) is 1. The summed E-state index contributed by atoms with van der Waals surface area (Å²) in [5.41, 5.74) is 1.23. The van der Waals surface area contributed by atoms with Crippen molar-refractivity contribution < 1.29 is 4.79 Å². The van der Waals surface area contributed by atoms with E-state index in [2.05, 4.69) is 10.3 Å². The number of para-hydroxylation sites is 1. The molecule has 0 saturated heterocycles. The summed E-state index contributed by atoms with van der Waals surface area (Å²) in [6, 6.07) is 5.45. The van der Waals surface area contributed by atoms with Gasteiger partial charge < -0.3 is 5.32 Å². The van der Waals surface area contributed by atoms with Gasteiger partial charge in [-0.3, -0.25) is 4.79 Å². The number of fused-ring (bicyclic) bond motifs is 1. The molecule has 0 bridgehead atoms. The highest BCUT2D eigenvalue weighted by Gasteiger charge is 2.11. The van der Waals surface area contributed by atoms with Crippen LogP contribution in [0, 0.1) is 0 Å². The Morgan fingerprint density at radius 3 is 3.07 bits per heavy atom. The highest BCUT2D eigenvalue weighted by molar-refractivity contribution is 7.22. The summed E-state index contributed by atoms with van der Waals surface area (Å²) < 4.78 is 1.38. The Bertz CT molecular complexity index is 495. The number of hydrogen-bond acceptors (Lipinski definition) is 3. The van der Waals surface area contributed by atoms with Crippen molar-refractivity contribution in [1.82, 2.24) is 10.3 Å². The van der Waals surface area contributed by atoms with E-state index in [4.69, 9.17) is 11.6 Å². The Balaban J connectivity index is 2.70.